The maximum absolute atomic E-state index is 12.0. The SMILES string of the molecule is COCc1ccc(-c2cnc(Cl)cc2NC(=O)OC(C)(C)C)nc1. The fraction of sp³-hybridized carbons (Fsp3) is 0.353. The number of carbonyl (C=O) groups is 1. The highest BCUT2D eigenvalue weighted by molar-refractivity contribution is 6.29. The third-order valence-corrected chi connectivity index (χ3v) is 3.12. The zero-order valence-electron chi connectivity index (χ0n) is 14.1. The highest BCUT2D eigenvalue weighted by Crippen LogP contribution is 2.28. The van der Waals surface area contributed by atoms with Gasteiger partial charge in [-0.2, -0.15) is 0 Å². The molecule has 2 aromatic heterocycles. The smallest absolute Gasteiger partial charge is 0.412 e. The van der Waals surface area contributed by atoms with E-state index in [2.05, 4.69) is 15.3 Å². The molecule has 1 N–H and O–H groups in total. The van der Waals surface area contributed by atoms with E-state index in [9.17, 15) is 4.79 Å². The molecule has 0 saturated heterocycles. The number of ether oxygens (including phenoxy) is 2. The van der Waals surface area contributed by atoms with E-state index in [4.69, 9.17) is 21.1 Å². The van der Waals surface area contributed by atoms with Crippen molar-refractivity contribution in [1.82, 2.24) is 9.97 Å². The molecule has 6 nitrogen and oxygen atoms in total. The molecule has 2 rings (SSSR count). The van der Waals surface area contributed by atoms with Gasteiger partial charge in [-0.05, 0) is 38.5 Å². The number of nitrogens with zero attached hydrogens (tertiary/aromatic N) is 2. The van der Waals surface area contributed by atoms with Crippen LogP contribution in [-0.4, -0.2) is 28.8 Å². The number of hydrogen-bond acceptors (Lipinski definition) is 5. The first-order chi connectivity index (χ1) is 11.3. The van der Waals surface area contributed by atoms with Gasteiger partial charge in [0.1, 0.15) is 10.8 Å². The van der Waals surface area contributed by atoms with Crippen LogP contribution in [0.4, 0.5) is 10.5 Å². The second kappa shape index (κ2) is 7.59. The molecule has 7 heteroatoms. The molecule has 0 radical (unpaired) electrons. The summed E-state index contributed by atoms with van der Waals surface area (Å²) in [6.07, 6.45) is 2.71. The van der Waals surface area contributed by atoms with Crippen molar-refractivity contribution in [3.8, 4) is 11.3 Å². The highest BCUT2D eigenvalue weighted by atomic mass is 35.5. The minimum Gasteiger partial charge on any atom is -0.444 e. The van der Waals surface area contributed by atoms with Gasteiger partial charge in [-0.1, -0.05) is 17.7 Å². The van der Waals surface area contributed by atoms with E-state index in [-0.39, 0.29) is 5.15 Å². The Balaban J connectivity index is 2.28. The Bertz CT molecular complexity index is 712. The van der Waals surface area contributed by atoms with Crippen LogP contribution in [0.5, 0.6) is 0 Å². The van der Waals surface area contributed by atoms with Gasteiger partial charge in [-0.3, -0.25) is 10.3 Å². The average molecular weight is 350 g/mol. The van der Waals surface area contributed by atoms with E-state index in [0.717, 1.165) is 5.56 Å². The Morgan fingerprint density at radius 3 is 2.58 bits per heavy atom. The molecular weight excluding hydrogens is 330 g/mol. The number of pyridine rings is 2. The van der Waals surface area contributed by atoms with Crippen LogP contribution in [0.25, 0.3) is 11.3 Å². The third-order valence-electron chi connectivity index (χ3n) is 2.92. The molecule has 0 bridgehead atoms. The van der Waals surface area contributed by atoms with Crippen LogP contribution in [0.1, 0.15) is 26.3 Å². The van der Waals surface area contributed by atoms with Gasteiger partial charge < -0.3 is 9.47 Å². The topological polar surface area (TPSA) is 73.3 Å². The molecule has 0 aliphatic heterocycles. The molecule has 0 fully saturated rings. The Kier molecular flexibility index (Phi) is 5.75. The molecule has 1 amide bonds. The molecule has 24 heavy (non-hydrogen) atoms. The first-order valence-corrected chi connectivity index (χ1v) is 7.76. The fourth-order valence-electron chi connectivity index (χ4n) is 1.99. The predicted molar refractivity (Wildman–Crippen MR) is 93.0 cm³/mol. The normalized spacial score (nSPS) is 11.2. The second-order valence-electron chi connectivity index (χ2n) is 6.16. The van der Waals surface area contributed by atoms with Gasteiger partial charge >= 0.3 is 6.09 Å². The standard InChI is InChI=1S/C17H20ClN3O3/c1-17(2,3)24-16(22)21-14-7-15(18)20-9-12(14)13-6-5-11(8-19-13)10-23-4/h5-9H,10H2,1-4H3,(H,20,21,22). The molecular formula is C17H20ClN3O3. The van der Waals surface area contributed by atoms with Crippen molar-refractivity contribution in [2.24, 2.45) is 0 Å². The van der Waals surface area contributed by atoms with Crippen LogP contribution in [0.15, 0.2) is 30.6 Å². The van der Waals surface area contributed by atoms with Crippen LogP contribution < -0.4 is 5.32 Å². The zero-order chi connectivity index (χ0) is 17.7. The van der Waals surface area contributed by atoms with E-state index in [1.54, 1.807) is 46.3 Å². The lowest BCUT2D eigenvalue weighted by atomic mass is 10.1. The number of amides is 1. The number of halogens is 1. The molecule has 0 saturated carbocycles. The molecule has 2 heterocycles. The number of carbonyl (C=O) groups excluding carboxylic acids is 1. The third kappa shape index (κ3) is 5.18. The first-order valence-electron chi connectivity index (χ1n) is 7.38. The molecule has 0 aliphatic rings. The van der Waals surface area contributed by atoms with Crippen molar-refractivity contribution in [3.05, 3.63) is 41.3 Å². The molecule has 0 spiro atoms. The Labute approximate surface area is 146 Å². The van der Waals surface area contributed by atoms with Gasteiger partial charge in [0, 0.05) is 25.1 Å². The van der Waals surface area contributed by atoms with Crippen molar-refractivity contribution in [2.45, 2.75) is 33.0 Å². The lowest BCUT2D eigenvalue weighted by Crippen LogP contribution is -2.27. The lowest BCUT2D eigenvalue weighted by Gasteiger charge is -2.20. The molecule has 128 valence electrons. The summed E-state index contributed by atoms with van der Waals surface area (Å²) >= 11 is 5.95. The Hall–Kier alpha value is -2.18. The van der Waals surface area contributed by atoms with Gasteiger partial charge in [0.25, 0.3) is 0 Å². The van der Waals surface area contributed by atoms with E-state index < -0.39 is 11.7 Å². The summed E-state index contributed by atoms with van der Waals surface area (Å²) in [5.41, 5.74) is 2.14. The molecule has 0 aliphatic carbocycles. The van der Waals surface area contributed by atoms with Crippen molar-refractivity contribution in [3.63, 3.8) is 0 Å². The number of nitrogens with one attached hydrogen (secondary N) is 1. The molecule has 0 atom stereocenters. The lowest BCUT2D eigenvalue weighted by molar-refractivity contribution is 0.0636. The van der Waals surface area contributed by atoms with Crippen LogP contribution in [-0.2, 0) is 16.1 Å². The summed E-state index contributed by atoms with van der Waals surface area (Å²) in [7, 11) is 1.62. The summed E-state index contributed by atoms with van der Waals surface area (Å²) in [4.78, 5) is 20.5. The van der Waals surface area contributed by atoms with Gasteiger partial charge in [-0.15, -0.1) is 0 Å². The fourth-order valence-corrected chi connectivity index (χ4v) is 2.14. The predicted octanol–water partition coefficient (Wildman–Crippen LogP) is 4.29. The summed E-state index contributed by atoms with van der Waals surface area (Å²) in [5, 5.41) is 2.96. The maximum Gasteiger partial charge on any atom is 0.412 e. The van der Waals surface area contributed by atoms with Gasteiger partial charge in [0.15, 0.2) is 0 Å². The monoisotopic (exact) mass is 349 g/mol. The molecule has 0 aromatic carbocycles. The van der Waals surface area contributed by atoms with Crippen LogP contribution in [0.3, 0.4) is 0 Å². The van der Waals surface area contributed by atoms with Gasteiger partial charge in [-0.25, -0.2) is 9.78 Å². The van der Waals surface area contributed by atoms with Crippen LogP contribution in [0.2, 0.25) is 5.15 Å². The van der Waals surface area contributed by atoms with E-state index in [1.165, 1.54) is 0 Å². The summed E-state index contributed by atoms with van der Waals surface area (Å²) < 4.78 is 10.3. The molecule has 2 aromatic rings. The second-order valence-corrected chi connectivity index (χ2v) is 6.55. The minimum atomic E-state index is -0.596. The van der Waals surface area contributed by atoms with Crippen molar-refractivity contribution in [2.75, 3.05) is 12.4 Å². The number of methoxy groups -OCH3 is 1. The van der Waals surface area contributed by atoms with E-state index >= 15 is 0 Å². The minimum absolute atomic E-state index is 0.265. The quantitative estimate of drug-likeness (QED) is 0.833. The van der Waals surface area contributed by atoms with Gasteiger partial charge in [0.05, 0.1) is 18.0 Å². The molecule has 0 unspecified atom stereocenters. The number of hydrogen-bond donors (Lipinski definition) is 1. The summed E-state index contributed by atoms with van der Waals surface area (Å²) in [5.74, 6) is 0. The Morgan fingerprint density at radius 1 is 1.25 bits per heavy atom. The van der Waals surface area contributed by atoms with Crippen LogP contribution >= 0.6 is 11.6 Å². The maximum atomic E-state index is 12.0. The van der Waals surface area contributed by atoms with E-state index in [1.807, 2.05) is 12.1 Å². The van der Waals surface area contributed by atoms with Crippen molar-refractivity contribution >= 4 is 23.4 Å². The highest BCUT2D eigenvalue weighted by Gasteiger charge is 2.18. The van der Waals surface area contributed by atoms with E-state index in [0.29, 0.717) is 23.6 Å². The zero-order valence-corrected chi connectivity index (χ0v) is 14.8. The number of anilines is 1. The van der Waals surface area contributed by atoms with Crippen molar-refractivity contribution in [1.29, 1.82) is 0 Å². The van der Waals surface area contributed by atoms with Gasteiger partial charge in [0.2, 0.25) is 0 Å². The summed E-state index contributed by atoms with van der Waals surface area (Å²) in [6, 6.07) is 5.29. The van der Waals surface area contributed by atoms with Crippen LogP contribution in [0, 0.1) is 0 Å². The van der Waals surface area contributed by atoms with Crippen molar-refractivity contribution < 1.29 is 14.3 Å². The number of aromatic nitrogens is 2. The largest absolute Gasteiger partial charge is 0.444 e. The average Bonchev–Trinajstić information content (AvgIpc) is 2.47. The summed E-state index contributed by atoms with van der Waals surface area (Å²) in [6.45, 7) is 5.87. The Morgan fingerprint density at radius 2 is 2.00 bits per heavy atom. The first kappa shape index (κ1) is 18.2. The number of rotatable bonds is 4.